The highest BCUT2D eigenvalue weighted by atomic mass is 16.4. The molecule has 0 aromatic carbocycles. The lowest BCUT2D eigenvalue weighted by Crippen LogP contribution is -2.38. The molecule has 1 aromatic rings. The fourth-order valence-corrected chi connectivity index (χ4v) is 2.30. The summed E-state index contributed by atoms with van der Waals surface area (Å²) in [7, 11) is 0. The zero-order chi connectivity index (χ0) is 14.4. The molecule has 0 fully saturated rings. The second-order valence-electron chi connectivity index (χ2n) is 4.75. The van der Waals surface area contributed by atoms with Gasteiger partial charge in [0.15, 0.2) is 0 Å². The minimum atomic E-state index is -0.960. The summed E-state index contributed by atoms with van der Waals surface area (Å²) in [6, 6.07) is 3.40. The number of carboxylic acids is 1. The highest BCUT2D eigenvalue weighted by Gasteiger charge is 2.19. The molecule has 1 rings (SSSR count). The SMILES string of the molecule is CCC(CC)C(C)NC(=O)c1cccn1CC(=O)O. The van der Waals surface area contributed by atoms with Crippen LogP contribution in [-0.4, -0.2) is 27.6 Å². The molecule has 1 atom stereocenters. The van der Waals surface area contributed by atoms with Crippen LogP contribution in [0.25, 0.3) is 0 Å². The second-order valence-corrected chi connectivity index (χ2v) is 4.75. The van der Waals surface area contributed by atoms with E-state index in [4.69, 9.17) is 5.11 Å². The Morgan fingerprint density at radius 2 is 2.00 bits per heavy atom. The van der Waals surface area contributed by atoms with Gasteiger partial charge in [0.25, 0.3) is 5.91 Å². The Labute approximate surface area is 113 Å². The number of carbonyl (C=O) groups excluding carboxylic acids is 1. The maximum atomic E-state index is 12.1. The van der Waals surface area contributed by atoms with Crippen molar-refractivity contribution in [1.82, 2.24) is 9.88 Å². The van der Waals surface area contributed by atoms with Crippen LogP contribution in [0.2, 0.25) is 0 Å². The number of nitrogens with zero attached hydrogens (tertiary/aromatic N) is 1. The molecule has 0 radical (unpaired) electrons. The van der Waals surface area contributed by atoms with Crippen LogP contribution in [0.4, 0.5) is 0 Å². The number of carbonyl (C=O) groups is 2. The van der Waals surface area contributed by atoms with Gasteiger partial charge >= 0.3 is 5.97 Å². The van der Waals surface area contributed by atoms with Crippen LogP contribution < -0.4 is 5.32 Å². The number of hydrogen-bond acceptors (Lipinski definition) is 2. The Hall–Kier alpha value is -1.78. The highest BCUT2D eigenvalue weighted by Crippen LogP contribution is 2.13. The molecule has 1 aromatic heterocycles. The topological polar surface area (TPSA) is 71.3 Å². The van der Waals surface area contributed by atoms with Crippen molar-refractivity contribution >= 4 is 11.9 Å². The molecule has 0 aliphatic carbocycles. The molecule has 0 aliphatic rings. The number of hydrogen-bond donors (Lipinski definition) is 2. The number of nitrogens with one attached hydrogen (secondary N) is 1. The van der Waals surface area contributed by atoms with E-state index in [2.05, 4.69) is 19.2 Å². The summed E-state index contributed by atoms with van der Waals surface area (Å²) in [5, 5.41) is 11.7. The fraction of sp³-hybridized carbons (Fsp3) is 0.571. The highest BCUT2D eigenvalue weighted by molar-refractivity contribution is 5.93. The summed E-state index contributed by atoms with van der Waals surface area (Å²) in [5.74, 6) is -0.740. The van der Waals surface area contributed by atoms with Gasteiger partial charge in [0, 0.05) is 12.2 Å². The summed E-state index contributed by atoms with van der Waals surface area (Å²) in [6.45, 7) is 5.99. The molecule has 19 heavy (non-hydrogen) atoms. The van der Waals surface area contributed by atoms with Crippen LogP contribution >= 0.6 is 0 Å². The summed E-state index contributed by atoms with van der Waals surface area (Å²) < 4.78 is 1.44. The van der Waals surface area contributed by atoms with E-state index in [1.807, 2.05) is 6.92 Å². The van der Waals surface area contributed by atoms with Crippen molar-refractivity contribution in [1.29, 1.82) is 0 Å². The van der Waals surface area contributed by atoms with Crippen LogP contribution in [0.3, 0.4) is 0 Å². The van der Waals surface area contributed by atoms with Crippen molar-refractivity contribution in [3.05, 3.63) is 24.0 Å². The Morgan fingerprint density at radius 3 is 2.53 bits per heavy atom. The largest absolute Gasteiger partial charge is 0.480 e. The monoisotopic (exact) mass is 266 g/mol. The zero-order valence-corrected chi connectivity index (χ0v) is 11.7. The van der Waals surface area contributed by atoms with E-state index in [-0.39, 0.29) is 18.5 Å². The number of amides is 1. The van der Waals surface area contributed by atoms with E-state index < -0.39 is 5.97 Å². The Balaban J connectivity index is 2.73. The average Bonchev–Trinajstić information content (AvgIpc) is 2.77. The Morgan fingerprint density at radius 1 is 1.37 bits per heavy atom. The van der Waals surface area contributed by atoms with Gasteiger partial charge in [0.2, 0.25) is 0 Å². The van der Waals surface area contributed by atoms with E-state index in [0.717, 1.165) is 12.8 Å². The van der Waals surface area contributed by atoms with Gasteiger partial charge in [-0.2, -0.15) is 0 Å². The molecule has 0 bridgehead atoms. The van der Waals surface area contributed by atoms with Gasteiger partial charge in [-0.1, -0.05) is 26.7 Å². The van der Waals surface area contributed by atoms with Crippen LogP contribution in [0.1, 0.15) is 44.1 Å². The van der Waals surface area contributed by atoms with Crippen molar-refractivity contribution in [3.63, 3.8) is 0 Å². The summed E-state index contributed by atoms with van der Waals surface area (Å²) >= 11 is 0. The Bertz CT molecular complexity index is 436. The molecule has 106 valence electrons. The molecule has 5 heteroatoms. The second kappa shape index (κ2) is 6.97. The van der Waals surface area contributed by atoms with Crippen LogP contribution in [0.5, 0.6) is 0 Å². The molecule has 0 spiro atoms. The van der Waals surface area contributed by atoms with Crippen LogP contribution in [0, 0.1) is 5.92 Å². The first-order valence-electron chi connectivity index (χ1n) is 6.67. The molecule has 0 saturated carbocycles. The van der Waals surface area contributed by atoms with E-state index in [1.165, 1.54) is 4.57 Å². The van der Waals surface area contributed by atoms with Crippen molar-refractivity contribution in [2.24, 2.45) is 5.92 Å². The van der Waals surface area contributed by atoms with Gasteiger partial charge in [0.1, 0.15) is 12.2 Å². The fourth-order valence-electron chi connectivity index (χ4n) is 2.30. The molecule has 1 amide bonds. The van der Waals surface area contributed by atoms with E-state index in [1.54, 1.807) is 18.3 Å². The van der Waals surface area contributed by atoms with Crippen molar-refractivity contribution < 1.29 is 14.7 Å². The lowest BCUT2D eigenvalue weighted by Gasteiger charge is -2.22. The average molecular weight is 266 g/mol. The van der Waals surface area contributed by atoms with Crippen molar-refractivity contribution in [2.75, 3.05) is 0 Å². The Kier molecular flexibility index (Phi) is 5.60. The van der Waals surface area contributed by atoms with E-state index >= 15 is 0 Å². The first-order chi connectivity index (χ1) is 8.99. The standard InChI is InChI=1S/C14H22N2O3/c1-4-11(5-2)10(3)15-14(19)12-7-6-8-16(12)9-13(17)18/h6-8,10-11H,4-5,9H2,1-3H3,(H,15,19)(H,17,18). The smallest absolute Gasteiger partial charge is 0.323 e. The molecule has 1 heterocycles. The summed E-state index contributed by atoms with van der Waals surface area (Å²) in [4.78, 5) is 22.8. The first-order valence-corrected chi connectivity index (χ1v) is 6.67. The maximum absolute atomic E-state index is 12.1. The minimum Gasteiger partial charge on any atom is -0.480 e. The van der Waals surface area contributed by atoms with Gasteiger partial charge < -0.3 is 15.0 Å². The minimum absolute atomic E-state index is 0.0793. The molecule has 0 saturated heterocycles. The molecule has 1 unspecified atom stereocenters. The quantitative estimate of drug-likeness (QED) is 0.794. The maximum Gasteiger partial charge on any atom is 0.323 e. The molecule has 0 aliphatic heterocycles. The number of aromatic nitrogens is 1. The summed E-state index contributed by atoms with van der Waals surface area (Å²) in [5.41, 5.74) is 0.389. The predicted molar refractivity (Wildman–Crippen MR) is 73.1 cm³/mol. The molecule has 5 nitrogen and oxygen atoms in total. The number of carboxylic acid groups (broad SMARTS) is 1. The zero-order valence-electron chi connectivity index (χ0n) is 11.7. The van der Waals surface area contributed by atoms with Crippen LogP contribution in [0.15, 0.2) is 18.3 Å². The summed E-state index contributed by atoms with van der Waals surface area (Å²) in [6.07, 6.45) is 3.62. The number of aliphatic carboxylic acids is 1. The van der Waals surface area contributed by atoms with Crippen molar-refractivity contribution in [2.45, 2.75) is 46.2 Å². The third-order valence-electron chi connectivity index (χ3n) is 3.48. The van der Waals surface area contributed by atoms with Gasteiger partial charge in [0.05, 0.1) is 0 Å². The lowest BCUT2D eigenvalue weighted by atomic mass is 9.95. The van der Waals surface area contributed by atoms with Gasteiger partial charge in [-0.15, -0.1) is 0 Å². The third kappa shape index (κ3) is 4.12. The van der Waals surface area contributed by atoms with Gasteiger partial charge in [-0.05, 0) is 25.0 Å². The third-order valence-corrected chi connectivity index (χ3v) is 3.48. The van der Waals surface area contributed by atoms with E-state index in [0.29, 0.717) is 11.6 Å². The van der Waals surface area contributed by atoms with E-state index in [9.17, 15) is 9.59 Å². The van der Waals surface area contributed by atoms with Crippen LogP contribution in [-0.2, 0) is 11.3 Å². The lowest BCUT2D eigenvalue weighted by molar-refractivity contribution is -0.137. The normalized spacial score (nSPS) is 12.4. The van der Waals surface area contributed by atoms with Gasteiger partial charge in [-0.25, -0.2) is 0 Å². The first kappa shape index (κ1) is 15.3. The van der Waals surface area contributed by atoms with Gasteiger partial charge in [-0.3, -0.25) is 9.59 Å². The molecule has 2 N–H and O–H groups in total. The van der Waals surface area contributed by atoms with Crippen molar-refractivity contribution in [3.8, 4) is 0 Å². The molecular formula is C14H22N2O3. The molecular weight excluding hydrogens is 244 g/mol. The number of rotatable bonds is 7. The predicted octanol–water partition coefficient (Wildman–Crippen LogP) is 2.13.